The number of hydrogen-bond acceptors (Lipinski definition) is 5. The summed E-state index contributed by atoms with van der Waals surface area (Å²) in [5, 5.41) is 9.22. The van der Waals surface area contributed by atoms with Crippen LogP contribution >= 0.6 is 0 Å². The summed E-state index contributed by atoms with van der Waals surface area (Å²) >= 11 is 0. The van der Waals surface area contributed by atoms with E-state index >= 15 is 0 Å². The van der Waals surface area contributed by atoms with Crippen molar-refractivity contribution in [2.24, 2.45) is 0 Å². The second-order valence-corrected chi connectivity index (χ2v) is 6.17. The number of nitrogens with one attached hydrogen (secondary N) is 2. The second kappa shape index (κ2) is 8.27. The summed E-state index contributed by atoms with van der Waals surface area (Å²) in [7, 11) is 0. The first-order valence-corrected chi connectivity index (χ1v) is 8.57. The summed E-state index contributed by atoms with van der Waals surface area (Å²) in [5.41, 5.74) is 3.49. The van der Waals surface area contributed by atoms with Gasteiger partial charge in [-0.25, -0.2) is 0 Å². The Morgan fingerprint density at radius 3 is 2.33 bits per heavy atom. The smallest absolute Gasteiger partial charge is 0.316 e. The van der Waals surface area contributed by atoms with Gasteiger partial charge in [-0.05, 0) is 26.0 Å². The maximum Gasteiger partial charge on any atom is 0.316 e. The Bertz CT molecular complexity index is 948. The second-order valence-electron chi connectivity index (χ2n) is 6.17. The predicted octanol–water partition coefficient (Wildman–Crippen LogP) is 2.51. The van der Waals surface area contributed by atoms with Crippen LogP contribution in [0.2, 0.25) is 0 Å². The van der Waals surface area contributed by atoms with Crippen LogP contribution in [0, 0.1) is 13.8 Å². The third-order valence-corrected chi connectivity index (χ3v) is 3.91. The number of carbonyl (C=O) groups excluding carboxylic acids is 2. The molecule has 3 aromatic rings. The van der Waals surface area contributed by atoms with Gasteiger partial charge in [0.15, 0.2) is 0 Å². The van der Waals surface area contributed by atoms with E-state index < -0.39 is 5.91 Å². The normalized spacial score (nSPS) is 10.4. The van der Waals surface area contributed by atoms with Crippen molar-refractivity contribution in [2.45, 2.75) is 13.8 Å². The lowest BCUT2D eigenvalue weighted by Gasteiger charge is -2.06. The van der Waals surface area contributed by atoms with Crippen molar-refractivity contribution < 1.29 is 14.1 Å². The van der Waals surface area contributed by atoms with Crippen molar-refractivity contribution in [1.29, 1.82) is 0 Å². The van der Waals surface area contributed by atoms with Crippen molar-refractivity contribution in [2.75, 3.05) is 13.1 Å². The van der Waals surface area contributed by atoms with Crippen molar-refractivity contribution in [1.82, 2.24) is 20.8 Å². The molecule has 2 aromatic carbocycles. The molecule has 0 saturated carbocycles. The Labute approximate surface area is 156 Å². The minimum absolute atomic E-state index is 0.115. The molecule has 138 valence electrons. The van der Waals surface area contributed by atoms with Crippen molar-refractivity contribution in [3.8, 4) is 11.4 Å². The standard InChI is InChI=1S/C20H20N4O3/c1-13-6-8-15(9-7-13)17-23-20(27-24-17)19(26)22-11-10-21-18(25)16-5-3-4-14(2)12-16/h3-9,12H,10-11H2,1-2H3,(H,21,25)(H,22,26). The van der Waals surface area contributed by atoms with Crippen LogP contribution < -0.4 is 10.6 Å². The van der Waals surface area contributed by atoms with Gasteiger partial charge in [0.25, 0.3) is 5.91 Å². The molecule has 0 aliphatic rings. The highest BCUT2D eigenvalue weighted by Gasteiger charge is 2.15. The lowest BCUT2D eigenvalue weighted by molar-refractivity contribution is 0.0898. The molecular weight excluding hydrogens is 344 g/mol. The molecule has 0 aliphatic heterocycles. The van der Waals surface area contributed by atoms with Crippen LogP contribution in [0.3, 0.4) is 0 Å². The van der Waals surface area contributed by atoms with Gasteiger partial charge in [-0.2, -0.15) is 4.98 Å². The minimum Gasteiger partial charge on any atom is -0.350 e. The molecule has 3 rings (SSSR count). The van der Waals surface area contributed by atoms with Crippen LogP contribution in [-0.2, 0) is 0 Å². The molecule has 7 heteroatoms. The summed E-state index contributed by atoms with van der Waals surface area (Å²) in [5.74, 6) is -0.429. The van der Waals surface area contributed by atoms with E-state index in [1.54, 1.807) is 12.1 Å². The van der Waals surface area contributed by atoms with Gasteiger partial charge < -0.3 is 15.2 Å². The highest BCUT2D eigenvalue weighted by Crippen LogP contribution is 2.16. The fraction of sp³-hybridized carbons (Fsp3) is 0.200. The molecule has 2 amide bonds. The third kappa shape index (κ3) is 4.78. The van der Waals surface area contributed by atoms with Gasteiger partial charge >= 0.3 is 11.8 Å². The molecule has 0 bridgehead atoms. The number of aryl methyl sites for hydroxylation is 2. The molecule has 27 heavy (non-hydrogen) atoms. The summed E-state index contributed by atoms with van der Waals surface area (Å²) in [6, 6.07) is 14.9. The summed E-state index contributed by atoms with van der Waals surface area (Å²) in [4.78, 5) is 28.2. The van der Waals surface area contributed by atoms with Crippen molar-refractivity contribution in [3.05, 3.63) is 71.1 Å². The lowest BCUT2D eigenvalue weighted by atomic mass is 10.1. The monoisotopic (exact) mass is 364 g/mol. The molecule has 0 saturated heterocycles. The summed E-state index contributed by atoms with van der Waals surface area (Å²) in [6.07, 6.45) is 0. The first-order chi connectivity index (χ1) is 13.0. The van der Waals surface area contributed by atoms with Gasteiger partial charge in [0.1, 0.15) is 0 Å². The molecule has 2 N–H and O–H groups in total. The van der Waals surface area contributed by atoms with Crippen LogP contribution in [0.5, 0.6) is 0 Å². The number of amides is 2. The number of aromatic nitrogens is 2. The van der Waals surface area contributed by atoms with Crippen molar-refractivity contribution >= 4 is 11.8 Å². The van der Waals surface area contributed by atoms with Crippen LogP contribution in [0.1, 0.15) is 32.2 Å². The number of carbonyl (C=O) groups is 2. The van der Waals surface area contributed by atoms with Gasteiger partial charge in [-0.15, -0.1) is 0 Å². The van der Waals surface area contributed by atoms with E-state index in [0.29, 0.717) is 11.4 Å². The number of nitrogens with zero attached hydrogens (tertiary/aromatic N) is 2. The first-order valence-electron chi connectivity index (χ1n) is 8.57. The van der Waals surface area contributed by atoms with Gasteiger partial charge in [0, 0.05) is 24.2 Å². The third-order valence-electron chi connectivity index (χ3n) is 3.91. The van der Waals surface area contributed by atoms with Crippen LogP contribution in [0.4, 0.5) is 0 Å². The molecule has 0 fully saturated rings. The topological polar surface area (TPSA) is 97.1 Å². The fourth-order valence-corrected chi connectivity index (χ4v) is 2.45. The van der Waals surface area contributed by atoms with E-state index in [9.17, 15) is 9.59 Å². The van der Waals surface area contributed by atoms with Crippen molar-refractivity contribution in [3.63, 3.8) is 0 Å². The Balaban J connectivity index is 1.48. The average molecular weight is 364 g/mol. The molecule has 1 aromatic heterocycles. The van der Waals surface area contributed by atoms with E-state index in [-0.39, 0.29) is 24.9 Å². The minimum atomic E-state index is -0.481. The molecule has 0 unspecified atom stereocenters. The first kappa shape index (κ1) is 18.3. The molecular formula is C20H20N4O3. The molecule has 0 atom stereocenters. The lowest BCUT2D eigenvalue weighted by Crippen LogP contribution is -2.34. The summed E-state index contributed by atoms with van der Waals surface area (Å²) in [6.45, 7) is 4.44. The molecule has 1 heterocycles. The van der Waals surface area contributed by atoms with E-state index in [4.69, 9.17) is 4.52 Å². The van der Waals surface area contributed by atoms with Crippen LogP contribution in [0.25, 0.3) is 11.4 Å². The highest BCUT2D eigenvalue weighted by molar-refractivity contribution is 5.94. The number of hydrogen-bond donors (Lipinski definition) is 2. The van der Waals surface area contributed by atoms with E-state index in [0.717, 1.165) is 16.7 Å². The molecule has 7 nitrogen and oxygen atoms in total. The summed E-state index contributed by atoms with van der Waals surface area (Å²) < 4.78 is 5.01. The molecule has 0 aliphatic carbocycles. The Morgan fingerprint density at radius 2 is 1.63 bits per heavy atom. The number of benzene rings is 2. The Morgan fingerprint density at radius 1 is 0.926 bits per heavy atom. The zero-order valence-corrected chi connectivity index (χ0v) is 15.2. The van der Waals surface area contributed by atoms with E-state index in [2.05, 4.69) is 20.8 Å². The molecule has 0 radical (unpaired) electrons. The van der Waals surface area contributed by atoms with E-state index in [1.165, 1.54) is 0 Å². The predicted molar refractivity (Wildman–Crippen MR) is 100 cm³/mol. The highest BCUT2D eigenvalue weighted by atomic mass is 16.5. The zero-order valence-electron chi connectivity index (χ0n) is 15.2. The maximum atomic E-state index is 12.1. The Kier molecular flexibility index (Phi) is 5.61. The Hall–Kier alpha value is -3.48. The maximum absolute atomic E-state index is 12.1. The van der Waals surface area contributed by atoms with Gasteiger partial charge in [0.2, 0.25) is 5.82 Å². The zero-order chi connectivity index (χ0) is 19.2. The van der Waals surface area contributed by atoms with Gasteiger partial charge in [-0.3, -0.25) is 9.59 Å². The quantitative estimate of drug-likeness (QED) is 0.655. The molecule has 0 spiro atoms. The van der Waals surface area contributed by atoms with Gasteiger partial charge in [0.05, 0.1) is 0 Å². The van der Waals surface area contributed by atoms with Gasteiger partial charge in [-0.1, -0.05) is 52.7 Å². The number of rotatable bonds is 6. The van der Waals surface area contributed by atoms with E-state index in [1.807, 2.05) is 50.2 Å². The van der Waals surface area contributed by atoms with Crippen LogP contribution in [-0.4, -0.2) is 35.0 Å². The largest absolute Gasteiger partial charge is 0.350 e. The van der Waals surface area contributed by atoms with Crippen LogP contribution in [0.15, 0.2) is 53.1 Å². The average Bonchev–Trinajstić information content (AvgIpc) is 3.16. The fourth-order valence-electron chi connectivity index (χ4n) is 2.45. The SMILES string of the molecule is Cc1ccc(-c2noc(C(=O)NCCNC(=O)c3cccc(C)c3)n2)cc1.